The van der Waals surface area contributed by atoms with Crippen molar-refractivity contribution < 1.29 is 9.53 Å². The number of carbonyl (C=O) groups excluding carboxylic acids is 1. The summed E-state index contributed by atoms with van der Waals surface area (Å²) in [6.07, 6.45) is 3.52. The first-order chi connectivity index (χ1) is 10.2. The van der Waals surface area contributed by atoms with Gasteiger partial charge in [0.15, 0.2) is 0 Å². The van der Waals surface area contributed by atoms with Crippen molar-refractivity contribution in [2.45, 2.75) is 26.2 Å². The van der Waals surface area contributed by atoms with Crippen molar-refractivity contribution in [3.05, 3.63) is 22.8 Å². The van der Waals surface area contributed by atoms with E-state index >= 15 is 0 Å². The molecule has 21 heavy (non-hydrogen) atoms. The first-order valence-corrected chi connectivity index (χ1v) is 7.85. The molecule has 0 aromatic carbocycles. The minimum Gasteiger partial charge on any atom is -0.379 e. The zero-order valence-corrected chi connectivity index (χ0v) is 13.1. The lowest BCUT2D eigenvalue weighted by Gasteiger charge is -2.09. The Kier molecular flexibility index (Phi) is 6.26. The molecule has 2 rings (SSSR count). The third-order valence-electron chi connectivity index (χ3n) is 3.20. The lowest BCUT2D eigenvalue weighted by atomic mass is 10.3. The third kappa shape index (κ3) is 5.52. The van der Waals surface area contributed by atoms with Crippen LogP contribution in [0.2, 0.25) is 5.02 Å². The summed E-state index contributed by atoms with van der Waals surface area (Å²) >= 11 is 6.03. The molecule has 0 radical (unpaired) electrons. The Morgan fingerprint density at radius 3 is 2.95 bits per heavy atom. The molecule has 0 atom stereocenters. The molecule has 0 spiro atoms. The van der Waals surface area contributed by atoms with Crippen molar-refractivity contribution in [3.63, 3.8) is 0 Å². The van der Waals surface area contributed by atoms with Crippen molar-refractivity contribution in [2.24, 2.45) is 5.92 Å². The van der Waals surface area contributed by atoms with Gasteiger partial charge in [-0.2, -0.15) is 0 Å². The predicted molar refractivity (Wildman–Crippen MR) is 83.9 cm³/mol. The summed E-state index contributed by atoms with van der Waals surface area (Å²) in [5.74, 6) is 1.13. The molecule has 1 aliphatic rings. The summed E-state index contributed by atoms with van der Waals surface area (Å²) in [7, 11) is 0. The molecule has 1 aliphatic carbocycles. The standard InChI is InChI=1S/C15H22ClN3O2/c1-2-7-17-13-6-5-12(16)14(19-13)15(20)18-8-9-21-10-11-3-4-11/h5-6,11H,2-4,7-10H2,1H3,(H,17,19)(H,18,20). The van der Waals surface area contributed by atoms with Gasteiger partial charge >= 0.3 is 0 Å². The first kappa shape index (κ1) is 16.0. The highest BCUT2D eigenvalue weighted by atomic mass is 35.5. The molecule has 0 bridgehead atoms. The van der Waals surface area contributed by atoms with Crippen LogP contribution < -0.4 is 10.6 Å². The van der Waals surface area contributed by atoms with Crippen LogP contribution in [0.5, 0.6) is 0 Å². The number of nitrogens with zero attached hydrogens (tertiary/aromatic N) is 1. The zero-order valence-electron chi connectivity index (χ0n) is 12.3. The van der Waals surface area contributed by atoms with Crippen molar-refractivity contribution in [1.29, 1.82) is 0 Å². The van der Waals surface area contributed by atoms with Gasteiger partial charge in [-0.1, -0.05) is 18.5 Å². The fourth-order valence-electron chi connectivity index (χ4n) is 1.81. The highest BCUT2D eigenvalue weighted by molar-refractivity contribution is 6.33. The van der Waals surface area contributed by atoms with Crippen molar-refractivity contribution in [3.8, 4) is 0 Å². The molecule has 0 aliphatic heterocycles. The van der Waals surface area contributed by atoms with Gasteiger partial charge in [0.05, 0.1) is 11.6 Å². The van der Waals surface area contributed by atoms with Crippen LogP contribution in [0.1, 0.15) is 36.7 Å². The lowest BCUT2D eigenvalue weighted by Crippen LogP contribution is -2.28. The number of hydrogen-bond donors (Lipinski definition) is 2. The van der Waals surface area contributed by atoms with E-state index in [0.29, 0.717) is 24.0 Å². The summed E-state index contributed by atoms with van der Waals surface area (Å²) < 4.78 is 5.47. The second kappa shape index (κ2) is 8.20. The largest absolute Gasteiger partial charge is 0.379 e. The normalized spacial score (nSPS) is 14.0. The highest BCUT2D eigenvalue weighted by Crippen LogP contribution is 2.28. The molecule has 2 N–H and O–H groups in total. The maximum absolute atomic E-state index is 12.1. The lowest BCUT2D eigenvalue weighted by molar-refractivity contribution is 0.0902. The number of halogens is 1. The molecule has 0 unspecified atom stereocenters. The molecule has 0 saturated heterocycles. The van der Waals surface area contributed by atoms with E-state index in [1.165, 1.54) is 12.8 Å². The molecule has 1 aromatic heterocycles. The highest BCUT2D eigenvalue weighted by Gasteiger charge is 2.21. The minimum atomic E-state index is -0.268. The summed E-state index contributed by atoms with van der Waals surface area (Å²) in [4.78, 5) is 16.3. The fourth-order valence-corrected chi connectivity index (χ4v) is 2.00. The molecule has 1 fully saturated rings. The molecule has 1 amide bonds. The average molecular weight is 312 g/mol. The maximum atomic E-state index is 12.1. The van der Waals surface area contributed by atoms with Crippen LogP contribution in [0.4, 0.5) is 5.82 Å². The van der Waals surface area contributed by atoms with E-state index < -0.39 is 0 Å². The van der Waals surface area contributed by atoms with Gasteiger partial charge in [0.1, 0.15) is 11.5 Å². The van der Waals surface area contributed by atoms with Crippen LogP contribution in [-0.4, -0.2) is 37.2 Å². The maximum Gasteiger partial charge on any atom is 0.271 e. The number of rotatable bonds is 9. The van der Waals surface area contributed by atoms with Crippen molar-refractivity contribution in [1.82, 2.24) is 10.3 Å². The van der Waals surface area contributed by atoms with Crippen LogP contribution in [0.15, 0.2) is 12.1 Å². The number of aromatic nitrogens is 1. The monoisotopic (exact) mass is 311 g/mol. The van der Waals surface area contributed by atoms with E-state index in [4.69, 9.17) is 16.3 Å². The van der Waals surface area contributed by atoms with E-state index in [1.54, 1.807) is 12.1 Å². The number of amides is 1. The van der Waals surface area contributed by atoms with Crippen LogP contribution in [-0.2, 0) is 4.74 Å². The third-order valence-corrected chi connectivity index (χ3v) is 3.50. The van der Waals surface area contributed by atoms with Gasteiger partial charge in [-0.15, -0.1) is 0 Å². The van der Waals surface area contributed by atoms with Crippen molar-refractivity contribution >= 4 is 23.3 Å². The van der Waals surface area contributed by atoms with Crippen LogP contribution in [0, 0.1) is 5.92 Å². The van der Waals surface area contributed by atoms with E-state index in [9.17, 15) is 4.79 Å². The Hall–Kier alpha value is -1.33. The fraction of sp³-hybridized carbons (Fsp3) is 0.600. The number of ether oxygens (including phenoxy) is 1. The molecular weight excluding hydrogens is 290 g/mol. The Morgan fingerprint density at radius 1 is 1.43 bits per heavy atom. The smallest absolute Gasteiger partial charge is 0.271 e. The van der Waals surface area contributed by atoms with Gasteiger partial charge in [-0.25, -0.2) is 4.98 Å². The molecule has 1 saturated carbocycles. The van der Waals surface area contributed by atoms with Gasteiger partial charge < -0.3 is 15.4 Å². The average Bonchev–Trinajstić information content (AvgIpc) is 3.30. The van der Waals surface area contributed by atoms with Crippen LogP contribution >= 0.6 is 11.6 Å². The van der Waals surface area contributed by atoms with E-state index in [-0.39, 0.29) is 11.6 Å². The van der Waals surface area contributed by atoms with Gasteiger partial charge in [-0.05, 0) is 37.3 Å². The first-order valence-electron chi connectivity index (χ1n) is 7.47. The van der Waals surface area contributed by atoms with Crippen LogP contribution in [0.25, 0.3) is 0 Å². The molecular formula is C15H22ClN3O2. The Bertz CT molecular complexity index is 478. The van der Waals surface area contributed by atoms with Crippen LogP contribution in [0.3, 0.4) is 0 Å². The molecule has 1 heterocycles. The number of carbonyl (C=O) groups is 1. The zero-order chi connectivity index (χ0) is 15.1. The molecule has 6 heteroatoms. The van der Waals surface area contributed by atoms with E-state index in [0.717, 1.165) is 25.5 Å². The number of anilines is 1. The second-order valence-electron chi connectivity index (χ2n) is 5.23. The second-order valence-corrected chi connectivity index (χ2v) is 5.64. The number of pyridine rings is 1. The summed E-state index contributed by atoms with van der Waals surface area (Å²) in [5, 5.41) is 6.27. The molecule has 116 valence electrons. The number of hydrogen-bond acceptors (Lipinski definition) is 4. The molecule has 1 aromatic rings. The Labute approximate surface area is 130 Å². The minimum absolute atomic E-state index is 0.250. The number of nitrogens with one attached hydrogen (secondary N) is 2. The Morgan fingerprint density at radius 2 is 2.24 bits per heavy atom. The Balaban J connectivity index is 1.78. The summed E-state index contributed by atoms with van der Waals surface area (Å²) in [6, 6.07) is 3.46. The van der Waals surface area contributed by atoms with Gasteiger partial charge in [0.25, 0.3) is 5.91 Å². The summed E-state index contributed by atoms with van der Waals surface area (Å²) in [5.41, 5.74) is 0.250. The molecule has 5 nitrogen and oxygen atoms in total. The van der Waals surface area contributed by atoms with E-state index in [2.05, 4.69) is 22.5 Å². The van der Waals surface area contributed by atoms with E-state index in [1.807, 2.05) is 0 Å². The predicted octanol–water partition coefficient (Wildman–Crippen LogP) is 2.71. The SMILES string of the molecule is CCCNc1ccc(Cl)c(C(=O)NCCOCC2CC2)n1. The van der Waals surface area contributed by atoms with Crippen molar-refractivity contribution in [2.75, 3.05) is 31.6 Å². The van der Waals surface area contributed by atoms with Gasteiger partial charge in [0, 0.05) is 19.7 Å². The quantitative estimate of drug-likeness (QED) is 0.688. The topological polar surface area (TPSA) is 63.2 Å². The van der Waals surface area contributed by atoms with Gasteiger partial charge in [-0.3, -0.25) is 4.79 Å². The van der Waals surface area contributed by atoms with Gasteiger partial charge in [0.2, 0.25) is 0 Å². The summed E-state index contributed by atoms with van der Waals surface area (Å²) in [6.45, 7) is 4.66.